The van der Waals surface area contributed by atoms with E-state index in [1.54, 1.807) is 0 Å². The monoisotopic (exact) mass is 574 g/mol. The molecule has 0 aliphatic rings. The van der Waals surface area contributed by atoms with Gasteiger partial charge in [0, 0.05) is 33.2 Å². The molecule has 10 aromatic rings. The third-order valence-electron chi connectivity index (χ3n) is 9.28. The zero-order valence-corrected chi connectivity index (χ0v) is 24.3. The van der Waals surface area contributed by atoms with Crippen LogP contribution in [0, 0.1) is 0 Å². The molecule has 0 fully saturated rings. The van der Waals surface area contributed by atoms with Crippen LogP contribution in [-0.4, -0.2) is 4.40 Å². The van der Waals surface area contributed by atoms with Gasteiger partial charge in [-0.2, -0.15) is 0 Å². The minimum absolute atomic E-state index is 0.928. The molecule has 0 spiro atoms. The maximum atomic E-state index is 6.74. The summed E-state index contributed by atoms with van der Waals surface area (Å²) in [6, 6.07) is 56.4. The van der Waals surface area contributed by atoms with E-state index in [0.717, 1.165) is 55.8 Å². The standard InChI is InChI=1S/C42H26N2O/c1-3-13-30(14-4-1)43(31-15-5-2-6-16-31)32-17-9-12-28(25-32)29-21-23-37-35(26-29)42-41-40-38(45-42)24-22-27-11-10-19-34(39(27)40)33-18-7-8-20-36(33)44(37)41/h1-26H. The van der Waals surface area contributed by atoms with E-state index < -0.39 is 0 Å². The van der Waals surface area contributed by atoms with Gasteiger partial charge in [-0.1, -0.05) is 97.1 Å². The van der Waals surface area contributed by atoms with Gasteiger partial charge in [0.05, 0.1) is 16.4 Å². The molecular weight excluding hydrogens is 548 g/mol. The van der Waals surface area contributed by atoms with E-state index in [2.05, 4.69) is 167 Å². The van der Waals surface area contributed by atoms with Crippen molar-refractivity contribution in [3.05, 3.63) is 158 Å². The lowest BCUT2D eigenvalue weighted by molar-refractivity contribution is 0.673. The minimum atomic E-state index is 0.928. The van der Waals surface area contributed by atoms with Crippen molar-refractivity contribution in [3.8, 4) is 11.1 Å². The molecule has 210 valence electrons. The molecule has 0 atom stereocenters. The van der Waals surface area contributed by atoms with Crippen LogP contribution in [0.4, 0.5) is 17.1 Å². The summed E-state index contributed by atoms with van der Waals surface area (Å²) in [7, 11) is 0. The lowest BCUT2D eigenvalue weighted by Crippen LogP contribution is -2.09. The predicted octanol–water partition coefficient (Wildman–Crippen LogP) is 11.9. The van der Waals surface area contributed by atoms with Gasteiger partial charge in [-0.15, -0.1) is 0 Å². The summed E-state index contributed by atoms with van der Waals surface area (Å²) in [6.07, 6.45) is 0. The van der Waals surface area contributed by atoms with Crippen molar-refractivity contribution >= 4 is 77.1 Å². The fourth-order valence-corrected chi connectivity index (χ4v) is 7.36. The molecule has 45 heavy (non-hydrogen) atoms. The molecule has 3 nitrogen and oxygen atoms in total. The minimum Gasteiger partial charge on any atom is -0.454 e. The molecule has 3 aromatic heterocycles. The Morgan fingerprint density at radius 3 is 1.93 bits per heavy atom. The van der Waals surface area contributed by atoms with Gasteiger partial charge in [0.25, 0.3) is 0 Å². The van der Waals surface area contributed by atoms with E-state index in [0.29, 0.717) is 0 Å². The van der Waals surface area contributed by atoms with Crippen molar-refractivity contribution in [1.82, 2.24) is 4.40 Å². The summed E-state index contributed by atoms with van der Waals surface area (Å²) in [5.41, 5.74) is 11.0. The molecule has 0 saturated carbocycles. The Balaban J connectivity index is 1.24. The predicted molar refractivity (Wildman–Crippen MR) is 188 cm³/mol. The quantitative estimate of drug-likeness (QED) is 0.208. The molecular formula is C42H26N2O. The molecule has 0 aliphatic carbocycles. The Kier molecular flexibility index (Phi) is 5.00. The molecule has 7 aromatic carbocycles. The van der Waals surface area contributed by atoms with Crippen LogP contribution < -0.4 is 4.90 Å². The SMILES string of the molecule is c1ccc(N(c2ccccc2)c2cccc(-c3ccc4c(c3)c3oc5ccc6cccc7c8ccccc8n4c3c5c67)c2)cc1. The van der Waals surface area contributed by atoms with Crippen molar-refractivity contribution in [1.29, 1.82) is 0 Å². The van der Waals surface area contributed by atoms with Gasteiger partial charge < -0.3 is 13.7 Å². The number of anilines is 3. The Morgan fingerprint density at radius 2 is 1.11 bits per heavy atom. The van der Waals surface area contributed by atoms with Crippen LogP contribution >= 0.6 is 0 Å². The molecule has 0 amide bonds. The smallest absolute Gasteiger partial charge is 0.161 e. The van der Waals surface area contributed by atoms with Gasteiger partial charge in [0.2, 0.25) is 0 Å². The molecule has 0 radical (unpaired) electrons. The second kappa shape index (κ2) is 9.22. The van der Waals surface area contributed by atoms with E-state index >= 15 is 0 Å². The van der Waals surface area contributed by atoms with Crippen LogP contribution in [-0.2, 0) is 0 Å². The zero-order chi connectivity index (χ0) is 29.5. The highest BCUT2D eigenvalue weighted by atomic mass is 16.3. The van der Waals surface area contributed by atoms with Crippen LogP contribution in [0.15, 0.2) is 162 Å². The number of aromatic nitrogens is 1. The van der Waals surface area contributed by atoms with Crippen molar-refractivity contribution in [2.24, 2.45) is 0 Å². The van der Waals surface area contributed by atoms with Gasteiger partial charge in [-0.25, -0.2) is 0 Å². The number of para-hydroxylation sites is 3. The third kappa shape index (κ3) is 3.46. The number of rotatable bonds is 4. The third-order valence-corrected chi connectivity index (χ3v) is 9.28. The summed E-state index contributed by atoms with van der Waals surface area (Å²) >= 11 is 0. The zero-order valence-electron chi connectivity index (χ0n) is 24.3. The van der Waals surface area contributed by atoms with Crippen LogP contribution in [0.3, 0.4) is 0 Å². The summed E-state index contributed by atoms with van der Waals surface area (Å²) in [5.74, 6) is 0. The number of benzene rings is 7. The number of hydrogen-bond donors (Lipinski definition) is 0. The fourth-order valence-electron chi connectivity index (χ4n) is 7.36. The lowest BCUT2D eigenvalue weighted by Gasteiger charge is -2.25. The van der Waals surface area contributed by atoms with Crippen molar-refractivity contribution in [3.63, 3.8) is 0 Å². The average molecular weight is 575 g/mol. The number of hydrogen-bond acceptors (Lipinski definition) is 2. The normalized spacial score (nSPS) is 12.0. The molecule has 0 saturated heterocycles. The van der Waals surface area contributed by atoms with Crippen molar-refractivity contribution in [2.45, 2.75) is 0 Å². The highest BCUT2D eigenvalue weighted by Gasteiger charge is 2.23. The molecule has 0 bridgehead atoms. The second-order valence-electron chi connectivity index (χ2n) is 11.8. The van der Waals surface area contributed by atoms with Crippen LogP contribution in [0.1, 0.15) is 0 Å². The molecule has 3 heterocycles. The van der Waals surface area contributed by atoms with Crippen LogP contribution in [0.25, 0.3) is 71.2 Å². The Morgan fingerprint density at radius 1 is 0.444 bits per heavy atom. The number of fused-ring (bicyclic) bond motifs is 6. The second-order valence-corrected chi connectivity index (χ2v) is 11.8. The Hall–Kier alpha value is -6.06. The van der Waals surface area contributed by atoms with Gasteiger partial charge in [-0.05, 0) is 82.6 Å². The summed E-state index contributed by atoms with van der Waals surface area (Å²) < 4.78 is 9.15. The molecule has 0 N–H and O–H groups in total. The van der Waals surface area contributed by atoms with E-state index in [-0.39, 0.29) is 0 Å². The Bertz CT molecular complexity index is 2660. The molecule has 3 heteroatoms. The van der Waals surface area contributed by atoms with Gasteiger partial charge in [-0.3, -0.25) is 0 Å². The van der Waals surface area contributed by atoms with Gasteiger partial charge >= 0.3 is 0 Å². The molecule has 10 rings (SSSR count). The fraction of sp³-hybridized carbons (Fsp3) is 0. The first kappa shape index (κ1) is 24.4. The van der Waals surface area contributed by atoms with E-state index in [1.807, 2.05) is 0 Å². The van der Waals surface area contributed by atoms with Crippen LogP contribution in [0.2, 0.25) is 0 Å². The van der Waals surface area contributed by atoms with E-state index in [1.165, 1.54) is 32.4 Å². The lowest BCUT2D eigenvalue weighted by atomic mass is 10.0. The average Bonchev–Trinajstić information content (AvgIpc) is 3.59. The number of nitrogens with zero attached hydrogens (tertiary/aromatic N) is 2. The Labute approximate surface area is 259 Å². The summed E-state index contributed by atoms with van der Waals surface area (Å²) in [5, 5.41) is 7.30. The van der Waals surface area contributed by atoms with Crippen LogP contribution in [0.5, 0.6) is 0 Å². The molecule has 0 aliphatic heterocycles. The van der Waals surface area contributed by atoms with Gasteiger partial charge in [0.1, 0.15) is 11.1 Å². The van der Waals surface area contributed by atoms with Crippen molar-refractivity contribution in [2.75, 3.05) is 4.90 Å². The highest BCUT2D eigenvalue weighted by Crippen LogP contribution is 2.45. The summed E-state index contributed by atoms with van der Waals surface area (Å²) in [6.45, 7) is 0. The van der Waals surface area contributed by atoms with Gasteiger partial charge in [0.15, 0.2) is 5.58 Å². The first-order chi connectivity index (χ1) is 22.3. The maximum absolute atomic E-state index is 6.74. The summed E-state index contributed by atoms with van der Waals surface area (Å²) in [4.78, 5) is 2.31. The highest BCUT2D eigenvalue weighted by molar-refractivity contribution is 6.31. The maximum Gasteiger partial charge on any atom is 0.161 e. The van der Waals surface area contributed by atoms with E-state index in [4.69, 9.17) is 4.42 Å². The first-order valence-electron chi connectivity index (χ1n) is 15.4. The largest absolute Gasteiger partial charge is 0.454 e. The van der Waals surface area contributed by atoms with E-state index in [9.17, 15) is 0 Å². The number of furan rings is 1. The topological polar surface area (TPSA) is 20.8 Å². The van der Waals surface area contributed by atoms with Crippen molar-refractivity contribution < 1.29 is 4.42 Å². The molecule has 0 unspecified atom stereocenters. The first-order valence-corrected chi connectivity index (χ1v) is 15.4.